The van der Waals surface area contributed by atoms with Crippen molar-refractivity contribution in [3.8, 4) is 0 Å². The van der Waals surface area contributed by atoms with Crippen molar-refractivity contribution < 1.29 is 4.39 Å². The standard InChI is InChI=1S/C19H14FN3/c20-18-10-9-14-15(7-4-8-16(14)23-18)19(17-11-21-12-22-17)13-5-2-1-3-6-13/h1-12,19H,(H,21,22). The lowest BCUT2D eigenvalue weighted by atomic mass is 9.86. The molecule has 3 nitrogen and oxygen atoms in total. The molecule has 0 spiro atoms. The molecule has 2 heterocycles. The van der Waals surface area contributed by atoms with Gasteiger partial charge in [-0.05, 0) is 29.3 Å². The Labute approximate surface area is 132 Å². The number of aromatic amines is 1. The van der Waals surface area contributed by atoms with Crippen molar-refractivity contribution in [1.82, 2.24) is 15.0 Å². The number of halogens is 1. The Kier molecular flexibility index (Phi) is 3.35. The van der Waals surface area contributed by atoms with E-state index in [-0.39, 0.29) is 5.92 Å². The quantitative estimate of drug-likeness (QED) is 0.574. The van der Waals surface area contributed by atoms with Gasteiger partial charge < -0.3 is 4.98 Å². The molecule has 0 bridgehead atoms. The lowest BCUT2D eigenvalue weighted by molar-refractivity contribution is 0.589. The third kappa shape index (κ3) is 2.48. The maximum Gasteiger partial charge on any atom is 0.213 e. The Morgan fingerprint density at radius 1 is 0.913 bits per heavy atom. The van der Waals surface area contributed by atoms with Gasteiger partial charge in [0, 0.05) is 17.3 Å². The van der Waals surface area contributed by atoms with E-state index in [1.165, 1.54) is 6.07 Å². The average molecular weight is 303 g/mol. The molecule has 2 aromatic carbocycles. The van der Waals surface area contributed by atoms with Gasteiger partial charge in [-0.3, -0.25) is 0 Å². The molecule has 0 fully saturated rings. The van der Waals surface area contributed by atoms with Crippen molar-refractivity contribution in [2.24, 2.45) is 0 Å². The van der Waals surface area contributed by atoms with Crippen LogP contribution in [0.3, 0.4) is 0 Å². The van der Waals surface area contributed by atoms with E-state index in [2.05, 4.69) is 33.2 Å². The van der Waals surface area contributed by atoms with Crippen LogP contribution in [0.1, 0.15) is 22.7 Å². The fourth-order valence-corrected chi connectivity index (χ4v) is 3.00. The first-order valence-corrected chi connectivity index (χ1v) is 7.41. The van der Waals surface area contributed by atoms with Gasteiger partial charge in [0.1, 0.15) is 0 Å². The molecular formula is C19H14FN3. The van der Waals surface area contributed by atoms with Crippen LogP contribution >= 0.6 is 0 Å². The topological polar surface area (TPSA) is 41.6 Å². The van der Waals surface area contributed by atoms with Gasteiger partial charge in [-0.25, -0.2) is 9.97 Å². The molecule has 0 aliphatic carbocycles. The van der Waals surface area contributed by atoms with Crippen molar-refractivity contribution in [3.63, 3.8) is 0 Å². The van der Waals surface area contributed by atoms with Crippen molar-refractivity contribution in [3.05, 3.63) is 96.0 Å². The van der Waals surface area contributed by atoms with Crippen LogP contribution in [0.2, 0.25) is 0 Å². The molecule has 4 aromatic rings. The number of aromatic nitrogens is 3. The number of hydrogen-bond acceptors (Lipinski definition) is 2. The molecular weight excluding hydrogens is 289 g/mol. The highest BCUT2D eigenvalue weighted by Gasteiger charge is 2.20. The first-order chi connectivity index (χ1) is 11.3. The van der Waals surface area contributed by atoms with Crippen LogP contribution in [0.15, 0.2) is 73.2 Å². The fraction of sp³-hybridized carbons (Fsp3) is 0.0526. The van der Waals surface area contributed by atoms with E-state index < -0.39 is 5.95 Å². The zero-order valence-corrected chi connectivity index (χ0v) is 12.3. The number of benzene rings is 2. The Morgan fingerprint density at radius 3 is 2.57 bits per heavy atom. The Bertz CT molecular complexity index is 933. The minimum absolute atomic E-state index is 0.00494. The minimum Gasteiger partial charge on any atom is -0.348 e. The number of imidazole rings is 1. The maximum atomic E-state index is 13.4. The summed E-state index contributed by atoms with van der Waals surface area (Å²) in [4.78, 5) is 11.4. The predicted octanol–water partition coefficient (Wildman–Crippen LogP) is 4.28. The number of nitrogens with one attached hydrogen (secondary N) is 1. The number of fused-ring (bicyclic) bond motifs is 1. The summed E-state index contributed by atoms with van der Waals surface area (Å²) in [6.45, 7) is 0. The van der Waals surface area contributed by atoms with Gasteiger partial charge in [0.2, 0.25) is 5.95 Å². The van der Waals surface area contributed by atoms with Crippen LogP contribution in [-0.4, -0.2) is 15.0 Å². The van der Waals surface area contributed by atoms with E-state index >= 15 is 0 Å². The minimum atomic E-state index is -0.465. The van der Waals surface area contributed by atoms with E-state index in [0.717, 1.165) is 22.2 Å². The van der Waals surface area contributed by atoms with Gasteiger partial charge >= 0.3 is 0 Å². The van der Waals surface area contributed by atoms with E-state index in [1.54, 1.807) is 12.4 Å². The molecule has 1 atom stereocenters. The zero-order valence-electron chi connectivity index (χ0n) is 12.3. The third-order valence-corrected chi connectivity index (χ3v) is 4.01. The molecule has 0 aliphatic rings. The summed E-state index contributed by atoms with van der Waals surface area (Å²) in [6, 6.07) is 19.2. The summed E-state index contributed by atoms with van der Waals surface area (Å²) in [6.07, 6.45) is 3.50. The van der Waals surface area contributed by atoms with Crippen molar-refractivity contribution >= 4 is 10.9 Å². The SMILES string of the molecule is Fc1ccc2c(C(c3ccccc3)c3cnc[nH]3)cccc2n1. The van der Waals surface area contributed by atoms with Crippen LogP contribution in [0.4, 0.5) is 4.39 Å². The van der Waals surface area contributed by atoms with Gasteiger partial charge in [0.25, 0.3) is 0 Å². The van der Waals surface area contributed by atoms with Crippen molar-refractivity contribution in [1.29, 1.82) is 0 Å². The van der Waals surface area contributed by atoms with E-state index in [0.29, 0.717) is 5.52 Å². The molecule has 1 unspecified atom stereocenters. The molecule has 0 aliphatic heterocycles. The maximum absolute atomic E-state index is 13.4. The van der Waals surface area contributed by atoms with Crippen LogP contribution in [0.25, 0.3) is 10.9 Å². The average Bonchev–Trinajstić information content (AvgIpc) is 3.10. The van der Waals surface area contributed by atoms with E-state index in [1.807, 2.05) is 36.5 Å². The Morgan fingerprint density at radius 2 is 1.78 bits per heavy atom. The summed E-state index contributed by atoms with van der Waals surface area (Å²) < 4.78 is 13.4. The lowest BCUT2D eigenvalue weighted by Gasteiger charge is -2.18. The van der Waals surface area contributed by atoms with Crippen LogP contribution < -0.4 is 0 Å². The largest absolute Gasteiger partial charge is 0.348 e. The van der Waals surface area contributed by atoms with Crippen LogP contribution in [-0.2, 0) is 0 Å². The summed E-state index contributed by atoms with van der Waals surface area (Å²) in [5.74, 6) is -0.470. The van der Waals surface area contributed by atoms with Gasteiger partial charge in [0.05, 0.1) is 17.8 Å². The highest BCUT2D eigenvalue weighted by Crippen LogP contribution is 2.34. The molecule has 0 saturated carbocycles. The fourth-order valence-electron chi connectivity index (χ4n) is 3.00. The predicted molar refractivity (Wildman–Crippen MR) is 87.7 cm³/mol. The van der Waals surface area contributed by atoms with Crippen molar-refractivity contribution in [2.45, 2.75) is 5.92 Å². The Hall–Kier alpha value is -3.01. The molecule has 0 saturated heterocycles. The molecule has 2 aromatic heterocycles. The lowest BCUT2D eigenvalue weighted by Crippen LogP contribution is -2.05. The molecule has 4 rings (SSSR count). The summed E-state index contributed by atoms with van der Waals surface area (Å²) in [5, 5.41) is 0.942. The number of pyridine rings is 1. The third-order valence-electron chi connectivity index (χ3n) is 4.01. The van der Waals surface area contributed by atoms with Crippen LogP contribution in [0, 0.1) is 5.95 Å². The normalized spacial score (nSPS) is 12.4. The number of nitrogens with zero attached hydrogens (tertiary/aromatic N) is 2. The van der Waals surface area contributed by atoms with Crippen molar-refractivity contribution in [2.75, 3.05) is 0 Å². The van der Waals surface area contributed by atoms with Crippen LogP contribution in [0.5, 0.6) is 0 Å². The monoisotopic (exact) mass is 303 g/mol. The highest BCUT2D eigenvalue weighted by molar-refractivity contribution is 5.83. The van der Waals surface area contributed by atoms with Gasteiger partial charge in [-0.15, -0.1) is 0 Å². The highest BCUT2D eigenvalue weighted by atomic mass is 19.1. The Balaban J connectivity index is 1.98. The zero-order chi connectivity index (χ0) is 15.6. The molecule has 112 valence electrons. The second-order valence-corrected chi connectivity index (χ2v) is 5.40. The summed E-state index contributed by atoms with van der Waals surface area (Å²) in [5.41, 5.74) is 3.87. The molecule has 4 heteroatoms. The van der Waals surface area contributed by atoms with Gasteiger partial charge in [-0.1, -0.05) is 42.5 Å². The summed E-state index contributed by atoms with van der Waals surface area (Å²) in [7, 11) is 0. The summed E-state index contributed by atoms with van der Waals surface area (Å²) >= 11 is 0. The second-order valence-electron chi connectivity index (χ2n) is 5.40. The first-order valence-electron chi connectivity index (χ1n) is 7.41. The van der Waals surface area contributed by atoms with Gasteiger partial charge in [0.15, 0.2) is 0 Å². The van der Waals surface area contributed by atoms with E-state index in [4.69, 9.17) is 0 Å². The van der Waals surface area contributed by atoms with Gasteiger partial charge in [-0.2, -0.15) is 4.39 Å². The number of hydrogen-bond donors (Lipinski definition) is 1. The second kappa shape index (κ2) is 5.65. The number of H-pyrrole nitrogens is 1. The molecule has 1 N–H and O–H groups in total. The smallest absolute Gasteiger partial charge is 0.213 e. The van der Waals surface area contributed by atoms with E-state index in [9.17, 15) is 4.39 Å². The molecule has 0 amide bonds. The number of rotatable bonds is 3. The molecule has 23 heavy (non-hydrogen) atoms. The first kappa shape index (κ1) is 13.6. The molecule has 0 radical (unpaired) electrons.